The first kappa shape index (κ1) is 9.78. The van der Waals surface area contributed by atoms with Crippen molar-refractivity contribution in [2.45, 2.75) is 13.8 Å². The van der Waals surface area contributed by atoms with Gasteiger partial charge in [0.2, 0.25) is 0 Å². The summed E-state index contributed by atoms with van der Waals surface area (Å²) in [6, 6.07) is 10.8. The summed E-state index contributed by atoms with van der Waals surface area (Å²) >= 11 is 0. The van der Waals surface area contributed by atoms with Gasteiger partial charge in [0.05, 0.1) is 5.71 Å². The third-order valence-electron chi connectivity index (χ3n) is 1.74. The van der Waals surface area contributed by atoms with Crippen molar-refractivity contribution < 1.29 is 4.84 Å². The van der Waals surface area contributed by atoms with E-state index >= 15 is 0 Å². The van der Waals surface area contributed by atoms with Crippen LogP contribution in [0.2, 0.25) is 0 Å². The van der Waals surface area contributed by atoms with Gasteiger partial charge in [0.25, 0.3) is 0 Å². The molecule has 1 radical (unpaired) electrons. The lowest BCUT2D eigenvalue weighted by Gasteiger charge is -2.08. The Kier molecular flexibility index (Phi) is 3.50. The third-order valence-corrected chi connectivity index (χ3v) is 1.74. The second-order valence-electron chi connectivity index (χ2n) is 3.11. The van der Waals surface area contributed by atoms with Crippen molar-refractivity contribution in [2.24, 2.45) is 11.1 Å². The maximum Gasteiger partial charge on any atom is 0.106 e. The second kappa shape index (κ2) is 4.65. The molecule has 0 aliphatic rings. The predicted octanol–water partition coefficient (Wildman–Crippen LogP) is 2.49. The van der Waals surface area contributed by atoms with Crippen LogP contribution in [0.5, 0.6) is 0 Å². The molecule has 1 aromatic rings. The molecule has 0 unspecified atom stereocenters. The highest BCUT2D eigenvalue weighted by atomic mass is 16.6. The zero-order valence-electron chi connectivity index (χ0n) is 8.24. The van der Waals surface area contributed by atoms with E-state index in [0.717, 1.165) is 11.3 Å². The van der Waals surface area contributed by atoms with Crippen LogP contribution in [0.3, 0.4) is 0 Å². The number of nitrogens with zero attached hydrogens (tertiary/aromatic N) is 1. The first-order valence-corrected chi connectivity index (χ1v) is 4.33. The van der Waals surface area contributed by atoms with Crippen LogP contribution in [0.15, 0.2) is 29.4 Å². The Hall–Kier alpha value is -1.31. The van der Waals surface area contributed by atoms with Crippen LogP contribution >= 0.6 is 0 Å². The largest absolute Gasteiger partial charge is 0.399 e. The van der Waals surface area contributed by atoms with Crippen LogP contribution < -0.4 is 0 Å². The maximum absolute atomic E-state index is 4.79. The normalized spacial score (nSPS) is 11.8. The summed E-state index contributed by atoms with van der Waals surface area (Å²) in [6.45, 7) is 4.18. The summed E-state index contributed by atoms with van der Waals surface area (Å²) in [7, 11) is 1.56. The topological polar surface area (TPSA) is 21.6 Å². The molecule has 0 saturated carbocycles. The molecule has 2 heteroatoms. The number of hydrogen-bond donors (Lipinski definition) is 0. The molecule has 0 heterocycles. The molecule has 2 nitrogen and oxygen atoms in total. The first-order valence-electron chi connectivity index (χ1n) is 4.33. The first-order chi connectivity index (χ1) is 6.25. The molecule has 0 aliphatic carbocycles. The molecule has 0 N–H and O–H groups in total. The van der Waals surface area contributed by atoms with Crippen LogP contribution in [0.4, 0.5) is 0 Å². The smallest absolute Gasteiger partial charge is 0.106 e. The fourth-order valence-corrected chi connectivity index (χ4v) is 1.14. The summed E-state index contributed by atoms with van der Waals surface area (Å²) in [4.78, 5) is 4.79. The summed E-state index contributed by atoms with van der Waals surface area (Å²) in [5.74, 6) is 0.357. The average molecular weight is 176 g/mol. The van der Waals surface area contributed by atoms with Crippen molar-refractivity contribution >= 4 is 5.71 Å². The zero-order valence-corrected chi connectivity index (χ0v) is 8.24. The highest BCUT2D eigenvalue weighted by molar-refractivity contribution is 6.01. The van der Waals surface area contributed by atoms with Gasteiger partial charge in [0, 0.05) is 5.56 Å². The van der Waals surface area contributed by atoms with E-state index in [2.05, 4.69) is 25.1 Å². The van der Waals surface area contributed by atoms with E-state index in [0.29, 0.717) is 5.92 Å². The van der Waals surface area contributed by atoms with Gasteiger partial charge >= 0.3 is 0 Å². The number of hydrogen-bond acceptors (Lipinski definition) is 2. The molecule has 0 atom stereocenters. The summed E-state index contributed by atoms with van der Waals surface area (Å²) in [5, 5.41) is 3.99. The Bertz CT molecular complexity index is 277. The van der Waals surface area contributed by atoms with Crippen molar-refractivity contribution in [1.82, 2.24) is 0 Å². The molecule has 1 aromatic carbocycles. The monoisotopic (exact) mass is 176 g/mol. The second-order valence-corrected chi connectivity index (χ2v) is 3.11. The quantitative estimate of drug-likeness (QED) is 0.512. The number of oxime groups is 1. The Morgan fingerprint density at radius 3 is 2.77 bits per heavy atom. The minimum atomic E-state index is 0.357. The Labute approximate surface area is 79.2 Å². The lowest BCUT2D eigenvalue weighted by molar-refractivity contribution is 0.212. The predicted molar refractivity (Wildman–Crippen MR) is 53.7 cm³/mol. The molecular formula is C11H14NO. The van der Waals surface area contributed by atoms with E-state index < -0.39 is 0 Å². The molecule has 0 fully saturated rings. The summed E-state index contributed by atoms with van der Waals surface area (Å²) in [5.41, 5.74) is 2.03. The van der Waals surface area contributed by atoms with Crippen LogP contribution in [0.1, 0.15) is 19.4 Å². The van der Waals surface area contributed by atoms with Crippen LogP contribution in [-0.2, 0) is 4.84 Å². The highest BCUT2D eigenvalue weighted by Gasteiger charge is 2.07. The molecule has 0 bridgehead atoms. The van der Waals surface area contributed by atoms with Gasteiger partial charge in [-0.25, -0.2) is 0 Å². The van der Waals surface area contributed by atoms with Gasteiger partial charge < -0.3 is 4.84 Å². The maximum atomic E-state index is 4.79. The van der Waals surface area contributed by atoms with E-state index in [-0.39, 0.29) is 0 Å². The van der Waals surface area contributed by atoms with E-state index in [1.165, 1.54) is 0 Å². The highest BCUT2D eigenvalue weighted by Crippen LogP contribution is 2.09. The molecule has 1 rings (SSSR count). The standard InChI is InChI=1S/C11H14NO/c1-9(2)11(12-13-3)10-7-5-4-6-8-10/h4-5,7-9H,1-3H3. The van der Waals surface area contributed by atoms with Crippen molar-refractivity contribution in [3.63, 3.8) is 0 Å². The van der Waals surface area contributed by atoms with Crippen LogP contribution in [-0.4, -0.2) is 12.8 Å². The van der Waals surface area contributed by atoms with E-state index in [4.69, 9.17) is 4.84 Å². The van der Waals surface area contributed by atoms with Gasteiger partial charge in [0.1, 0.15) is 7.11 Å². The molecule has 0 aliphatic heterocycles. The lowest BCUT2D eigenvalue weighted by atomic mass is 10.0. The Balaban J connectivity index is 2.96. The van der Waals surface area contributed by atoms with E-state index in [9.17, 15) is 0 Å². The Morgan fingerprint density at radius 2 is 2.31 bits per heavy atom. The van der Waals surface area contributed by atoms with Gasteiger partial charge in [-0.05, 0) is 18.1 Å². The van der Waals surface area contributed by atoms with Crippen molar-refractivity contribution in [3.05, 3.63) is 35.9 Å². The van der Waals surface area contributed by atoms with Gasteiger partial charge in [-0.3, -0.25) is 0 Å². The molecular weight excluding hydrogens is 162 g/mol. The number of benzene rings is 1. The van der Waals surface area contributed by atoms with Gasteiger partial charge in [-0.15, -0.1) is 0 Å². The lowest BCUT2D eigenvalue weighted by Crippen LogP contribution is -2.09. The summed E-state index contributed by atoms with van der Waals surface area (Å²) in [6.07, 6.45) is 0. The molecule has 0 saturated heterocycles. The van der Waals surface area contributed by atoms with E-state index in [1.54, 1.807) is 7.11 Å². The minimum absolute atomic E-state index is 0.357. The molecule has 13 heavy (non-hydrogen) atoms. The van der Waals surface area contributed by atoms with Gasteiger partial charge in [-0.2, -0.15) is 0 Å². The van der Waals surface area contributed by atoms with Gasteiger partial charge in [-0.1, -0.05) is 37.2 Å². The zero-order chi connectivity index (χ0) is 9.68. The number of rotatable bonds is 3. The summed E-state index contributed by atoms with van der Waals surface area (Å²) < 4.78 is 0. The fraction of sp³-hybridized carbons (Fsp3) is 0.364. The van der Waals surface area contributed by atoms with Crippen LogP contribution in [0.25, 0.3) is 0 Å². The average Bonchev–Trinajstić information content (AvgIpc) is 2.15. The van der Waals surface area contributed by atoms with Crippen molar-refractivity contribution in [1.29, 1.82) is 0 Å². The Morgan fingerprint density at radius 1 is 1.54 bits per heavy atom. The molecule has 0 aromatic heterocycles. The minimum Gasteiger partial charge on any atom is -0.399 e. The van der Waals surface area contributed by atoms with E-state index in [1.807, 2.05) is 24.3 Å². The fourth-order valence-electron chi connectivity index (χ4n) is 1.14. The molecule has 69 valence electrons. The third kappa shape index (κ3) is 2.58. The van der Waals surface area contributed by atoms with Crippen molar-refractivity contribution in [3.8, 4) is 0 Å². The molecule has 0 amide bonds. The van der Waals surface area contributed by atoms with Crippen molar-refractivity contribution in [2.75, 3.05) is 7.11 Å². The van der Waals surface area contributed by atoms with Crippen LogP contribution in [0, 0.1) is 12.0 Å². The van der Waals surface area contributed by atoms with Gasteiger partial charge in [0.15, 0.2) is 0 Å². The molecule has 0 spiro atoms. The SMILES string of the molecule is CON=C(c1c[c]ccc1)C(C)C.